The molecule has 1 aliphatic rings. The Bertz CT molecular complexity index is 504. The summed E-state index contributed by atoms with van der Waals surface area (Å²) in [6.07, 6.45) is -4.24. The monoisotopic (exact) mass is 275 g/mol. The maximum absolute atomic E-state index is 13.2. The van der Waals surface area contributed by atoms with Gasteiger partial charge in [-0.25, -0.2) is 4.39 Å². The summed E-state index contributed by atoms with van der Waals surface area (Å²) in [6, 6.07) is 2.40. The normalized spacial score (nSPS) is 23.6. The molecule has 0 bridgehead atoms. The van der Waals surface area contributed by atoms with E-state index in [1.165, 1.54) is 0 Å². The number of alkyl halides is 3. The molecule has 1 aliphatic heterocycles. The maximum atomic E-state index is 13.2. The van der Waals surface area contributed by atoms with Crippen LogP contribution in [-0.2, 0) is 6.18 Å². The van der Waals surface area contributed by atoms with Gasteiger partial charge in [-0.15, -0.1) is 0 Å². The Morgan fingerprint density at radius 2 is 2.05 bits per heavy atom. The first-order chi connectivity index (χ1) is 8.74. The molecule has 1 N–H and O–H groups in total. The lowest BCUT2D eigenvalue weighted by Crippen LogP contribution is -2.30. The second-order valence-corrected chi connectivity index (χ2v) is 5.01. The Kier molecular flexibility index (Phi) is 3.38. The molecule has 2 rings (SSSR count). The Labute approximate surface area is 107 Å². The molecule has 1 saturated heterocycles. The van der Waals surface area contributed by atoms with Crippen LogP contribution in [0.4, 0.5) is 17.6 Å². The zero-order valence-electron chi connectivity index (χ0n) is 10.3. The molecule has 0 aliphatic carbocycles. The Morgan fingerprint density at radius 3 is 2.58 bits per heavy atom. The van der Waals surface area contributed by atoms with Gasteiger partial charge in [0.25, 0.3) is 0 Å². The second-order valence-electron chi connectivity index (χ2n) is 5.01. The van der Waals surface area contributed by atoms with Gasteiger partial charge in [0.05, 0.1) is 5.56 Å². The second kappa shape index (κ2) is 4.59. The lowest BCUT2D eigenvalue weighted by Gasteiger charge is -2.21. The van der Waals surface area contributed by atoms with Crippen molar-refractivity contribution in [3.05, 3.63) is 35.1 Å². The molecule has 19 heavy (non-hydrogen) atoms. The fourth-order valence-electron chi connectivity index (χ4n) is 2.24. The first-order valence-electron chi connectivity index (χ1n) is 5.86. The summed E-state index contributed by atoms with van der Waals surface area (Å²) in [5, 5.41) is 3.00. The van der Waals surface area contributed by atoms with Crippen LogP contribution in [0.15, 0.2) is 18.2 Å². The van der Waals surface area contributed by atoms with Gasteiger partial charge in [0.1, 0.15) is 5.82 Å². The van der Waals surface area contributed by atoms with E-state index in [4.69, 9.17) is 0 Å². The highest BCUT2D eigenvalue weighted by Gasteiger charge is 2.39. The number of nitrogens with one attached hydrogen (secondary N) is 1. The number of hydrogen-bond acceptors (Lipinski definition) is 2. The molecule has 2 nitrogen and oxygen atoms in total. The first kappa shape index (κ1) is 14.0. The van der Waals surface area contributed by atoms with Gasteiger partial charge in [0.2, 0.25) is 0 Å². The van der Waals surface area contributed by atoms with Gasteiger partial charge in [0.15, 0.2) is 5.78 Å². The van der Waals surface area contributed by atoms with Crippen LogP contribution in [0, 0.1) is 11.2 Å². The van der Waals surface area contributed by atoms with Gasteiger partial charge in [0, 0.05) is 17.5 Å². The number of ketones is 1. The maximum Gasteiger partial charge on any atom is 0.419 e. The summed E-state index contributed by atoms with van der Waals surface area (Å²) >= 11 is 0. The van der Waals surface area contributed by atoms with E-state index < -0.39 is 23.0 Å². The zero-order chi connectivity index (χ0) is 14.3. The summed E-state index contributed by atoms with van der Waals surface area (Å²) in [5.74, 6) is -1.75. The third-order valence-corrected chi connectivity index (χ3v) is 3.45. The topological polar surface area (TPSA) is 29.1 Å². The van der Waals surface area contributed by atoms with Crippen LogP contribution >= 0.6 is 0 Å². The number of benzene rings is 1. The fourth-order valence-corrected chi connectivity index (χ4v) is 2.24. The highest BCUT2D eigenvalue weighted by atomic mass is 19.4. The molecular formula is C13H13F4NO. The molecule has 1 aromatic rings. The van der Waals surface area contributed by atoms with Crippen LogP contribution in [0.1, 0.15) is 29.3 Å². The summed E-state index contributed by atoms with van der Waals surface area (Å²) in [6.45, 7) is 2.77. The molecule has 104 valence electrons. The van der Waals surface area contributed by atoms with Crippen molar-refractivity contribution in [2.24, 2.45) is 5.41 Å². The van der Waals surface area contributed by atoms with Crippen molar-refractivity contribution in [1.82, 2.24) is 5.32 Å². The molecule has 1 fully saturated rings. The van der Waals surface area contributed by atoms with Gasteiger partial charge in [-0.2, -0.15) is 13.2 Å². The molecule has 0 spiro atoms. The SMILES string of the molecule is CC1(C(=O)c2ccc(F)c(C(F)(F)F)c2)CCNC1. The standard InChI is InChI=1S/C13H13F4NO/c1-12(4-5-18-7-12)11(19)8-2-3-10(14)9(6-8)13(15,16)17/h2-3,6,18H,4-5,7H2,1H3. The van der Waals surface area contributed by atoms with Crippen molar-refractivity contribution in [2.45, 2.75) is 19.5 Å². The van der Waals surface area contributed by atoms with Gasteiger partial charge in [-0.3, -0.25) is 4.79 Å². The number of hydrogen-bond donors (Lipinski definition) is 1. The molecule has 0 saturated carbocycles. The van der Waals surface area contributed by atoms with Crippen LogP contribution in [0.2, 0.25) is 0 Å². The van der Waals surface area contributed by atoms with Gasteiger partial charge in [-0.05, 0) is 31.2 Å². The third-order valence-electron chi connectivity index (χ3n) is 3.45. The number of carbonyl (C=O) groups is 1. The molecule has 0 amide bonds. The molecule has 0 radical (unpaired) electrons. The van der Waals surface area contributed by atoms with Crippen LogP contribution in [-0.4, -0.2) is 18.9 Å². The molecule has 1 heterocycles. The molecule has 1 aromatic carbocycles. The highest BCUT2D eigenvalue weighted by Crippen LogP contribution is 2.34. The lowest BCUT2D eigenvalue weighted by atomic mass is 9.81. The minimum absolute atomic E-state index is 0.0973. The number of Topliss-reactive ketones (excluding diaryl/α,β-unsaturated/α-hetero) is 1. The lowest BCUT2D eigenvalue weighted by molar-refractivity contribution is -0.140. The summed E-state index contributed by atoms with van der Waals surface area (Å²) in [7, 11) is 0. The minimum Gasteiger partial charge on any atom is -0.316 e. The Hall–Kier alpha value is -1.43. The van der Waals surface area contributed by atoms with Crippen molar-refractivity contribution in [3.63, 3.8) is 0 Å². The van der Waals surface area contributed by atoms with Crippen LogP contribution in [0.3, 0.4) is 0 Å². The number of carbonyl (C=O) groups excluding carboxylic acids is 1. The van der Waals surface area contributed by atoms with Crippen molar-refractivity contribution >= 4 is 5.78 Å². The van der Waals surface area contributed by atoms with E-state index in [-0.39, 0.29) is 11.3 Å². The molecule has 1 unspecified atom stereocenters. The summed E-state index contributed by atoms with van der Waals surface area (Å²) < 4.78 is 51.0. The fraction of sp³-hybridized carbons (Fsp3) is 0.462. The quantitative estimate of drug-likeness (QED) is 0.664. The van der Waals surface area contributed by atoms with Crippen LogP contribution in [0.25, 0.3) is 0 Å². The highest BCUT2D eigenvalue weighted by molar-refractivity contribution is 6.00. The van der Waals surface area contributed by atoms with E-state index in [1.807, 2.05) is 0 Å². The zero-order valence-corrected chi connectivity index (χ0v) is 10.3. The Morgan fingerprint density at radius 1 is 1.37 bits per heavy atom. The van der Waals surface area contributed by atoms with E-state index in [2.05, 4.69) is 5.32 Å². The largest absolute Gasteiger partial charge is 0.419 e. The van der Waals surface area contributed by atoms with E-state index in [0.29, 0.717) is 31.6 Å². The van der Waals surface area contributed by atoms with E-state index in [9.17, 15) is 22.4 Å². The van der Waals surface area contributed by atoms with Gasteiger partial charge < -0.3 is 5.32 Å². The van der Waals surface area contributed by atoms with E-state index in [1.54, 1.807) is 6.92 Å². The van der Waals surface area contributed by atoms with Crippen molar-refractivity contribution in [3.8, 4) is 0 Å². The molecule has 6 heteroatoms. The number of halogens is 4. The molecule has 1 atom stereocenters. The summed E-state index contributed by atoms with van der Waals surface area (Å²) in [4.78, 5) is 12.2. The smallest absolute Gasteiger partial charge is 0.316 e. The predicted octanol–water partition coefficient (Wildman–Crippen LogP) is 3.03. The van der Waals surface area contributed by atoms with Crippen LogP contribution < -0.4 is 5.32 Å². The minimum atomic E-state index is -4.80. The third kappa shape index (κ3) is 2.63. The first-order valence-corrected chi connectivity index (χ1v) is 5.86. The van der Waals surface area contributed by atoms with Crippen molar-refractivity contribution < 1.29 is 22.4 Å². The summed E-state index contributed by atoms with van der Waals surface area (Å²) in [5.41, 5.74) is -2.21. The Balaban J connectivity index is 2.39. The van der Waals surface area contributed by atoms with Crippen LogP contribution in [0.5, 0.6) is 0 Å². The molecular weight excluding hydrogens is 262 g/mol. The van der Waals surface area contributed by atoms with E-state index >= 15 is 0 Å². The van der Waals surface area contributed by atoms with Crippen molar-refractivity contribution in [1.29, 1.82) is 0 Å². The van der Waals surface area contributed by atoms with Crippen molar-refractivity contribution in [2.75, 3.05) is 13.1 Å². The predicted molar refractivity (Wildman–Crippen MR) is 61.3 cm³/mol. The van der Waals surface area contributed by atoms with E-state index in [0.717, 1.165) is 6.07 Å². The average molecular weight is 275 g/mol. The van der Waals surface area contributed by atoms with Gasteiger partial charge >= 0.3 is 6.18 Å². The van der Waals surface area contributed by atoms with Gasteiger partial charge in [-0.1, -0.05) is 6.92 Å². The average Bonchev–Trinajstić information content (AvgIpc) is 2.76. The number of rotatable bonds is 2. The molecule has 0 aromatic heterocycles.